The summed E-state index contributed by atoms with van der Waals surface area (Å²) >= 11 is 5.64. The molecule has 2 aliphatic rings. The number of hydrogen-bond acceptors (Lipinski definition) is 3. The van der Waals surface area contributed by atoms with Gasteiger partial charge >= 0.3 is 0 Å². The Morgan fingerprint density at radius 2 is 2.00 bits per heavy atom. The van der Waals surface area contributed by atoms with Gasteiger partial charge in [0.05, 0.1) is 13.2 Å². The third-order valence-electron chi connectivity index (χ3n) is 4.82. The third kappa shape index (κ3) is 2.49. The average molecular weight is 340 g/mol. The van der Waals surface area contributed by atoms with Gasteiger partial charge in [0, 0.05) is 18.5 Å². The van der Waals surface area contributed by atoms with E-state index in [2.05, 4.69) is 35.3 Å². The van der Waals surface area contributed by atoms with E-state index < -0.39 is 5.72 Å². The fourth-order valence-electron chi connectivity index (χ4n) is 3.52. The van der Waals surface area contributed by atoms with Gasteiger partial charge < -0.3 is 19.7 Å². The molecule has 0 spiro atoms. The van der Waals surface area contributed by atoms with Crippen LogP contribution in [0.25, 0.3) is 0 Å². The van der Waals surface area contributed by atoms with E-state index in [1.807, 2.05) is 30.3 Å². The van der Waals surface area contributed by atoms with Gasteiger partial charge in [-0.15, -0.1) is 0 Å². The summed E-state index contributed by atoms with van der Waals surface area (Å²) in [5.41, 5.74) is 1.91. The molecule has 1 N–H and O–H groups in total. The Morgan fingerprint density at radius 1 is 1.25 bits per heavy atom. The molecule has 0 radical (unpaired) electrons. The van der Waals surface area contributed by atoms with Crippen molar-refractivity contribution in [2.24, 2.45) is 0 Å². The molecule has 0 saturated carbocycles. The largest absolute Gasteiger partial charge is 0.497 e. The van der Waals surface area contributed by atoms with Crippen molar-refractivity contribution in [1.82, 2.24) is 10.2 Å². The van der Waals surface area contributed by atoms with Gasteiger partial charge in [-0.05, 0) is 42.9 Å². The van der Waals surface area contributed by atoms with Crippen LogP contribution in [0.2, 0.25) is 0 Å². The van der Waals surface area contributed by atoms with Crippen molar-refractivity contribution in [3.05, 3.63) is 59.7 Å². The normalized spacial score (nSPS) is 24.7. The molecule has 1 fully saturated rings. The van der Waals surface area contributed by atoms with Crippen LogP contribution in [0, 0.1) is 0 Å². The number of para-hydroxylation sites is 1. The summed E-state index contributed by atoms with van der Waals surface area (Å²) in [6.07, 6.45) is 0.861. The Labute approximate surface area is 147 Å². The van der Waals surface area contributed by atoms with Crippen LogP contribution < -0.4 is 14.8 Å². The Morgan fingerprint density at radius 3 is 2.75 bits per heavy atom. The van der Waals surface area contributed by atoms with E-state index in [0.717, 1.165) is 23.0 Å². The maximum atomic E-state index is 6.36. The quantitative estimate of drug-likeness (QED) is 0.863. The second-order valence-electron chi connectivity index (χ2n) is 6.46. The molecule has 4 nitrogen and oxygen atoms in total. The van der Waals surface area contributed by atoms with E-state index in [0.29, 0.717) is 6.54 Å². The van der Waals surface area contributed by atoms with E-state index >= 15 is 0 Å². The lowest BCUT2D eigenvalue weighted by Crippen LogP contribution is -2.64. The summed E-state index contributed by atoms with van der Waals surface area (Å²) in [4.78, 5) is 2.14. The van der Waals surface area contributed by atoms with Crippen LogP contribution in [0.15, 0.2) is 48.5 Å². The number of fused-ring (bicyclic) bond motifs is 4. The highest BCUT2D eigenvalue weighted by molar-refractivity contribution is 7.80. The van der Waals surface area contributed by atoms with Crippen LogP contribution in [0.5, 0.6) is 11.5 Å². The zero-order valence-corrected chi connectivity index (χ0v) is 14.6. The molecule has 5 heteroatoms. The van der Waals surface area contributed by atoms with Gasteiger partial charge in [-0.1, -0.05) is 30.3 Å². The minimum Gasteiger partial charge on any atom is -0.497 e. The van der Waals surface area contributed by atoms with Gasteiger partial charge in [0.15, 0.2) is 10.8 Å². The second-order valence-corrected chi connectivity index (χ2v) is 6.84. The van der Waals surface area contributed by atoms with Gasteiger partial charge in [0.25, 0.3) is 0 Å². The van der Waals surface area contributed by atoms with Crippen LogP contribution in [-0.4, -0.2) is 22.8 Å². The number of methoxy groups -OCH3 is 1. The summed E-state index contributed by atoms with van der Waals surface area (Å²) in [5, 5.41) is 4.21. The van der Waals surface area contributed by atoms with Crippen molar-refractivity contribution < 1.29 is 9.47 Å². The number of ether oxygens (including phenoxy) is 2. The highest BCUT2D eigenvalue weighted by Gasteiger charge is 2.47. The molecule has 2 bridgehead atoms. The monoisotopic (exact) mass is 340 g/mol. The number of thiocarbonyl (C=S) groups is 1. The van der Waals surface area contributed by atoms with Crippen LogP contribution in [0.3, 0.4) is 0 Å². The number of rotatable bonds is 3. The van der Waals surface area contributed by atoms with E-state index in [1.165, 1.54) is 11.1 Å². The first-order valence-corrected chi connectivity index (χ1v) is 8.49. The second kappa shape index (κ2) is 5.67. The van der Waals surface area contributed by atoms with Crippen molar-refractivity contribution in [3.63, 3.8) is 0 Å². The third-order valence-corrected chi connectivity index (χ3v) is 5.16. The lowest BCUT2D eigenvalue weighted by Gasteiger charge is -2.52. The maximum Gasteiger partial charge on any atom is 0.184 e. The standard InChI is InChI=1S/C19H20N2O2S/c1-19-11-16(15-5-3-4-6-17(15)23-19)20-18(24)21(19)12-13-7-9-14(22-2)10-8-13/h3-10,16H,11-12H2,1-2H3,(H,20,24)/t16-,19+/m1/s1. The highest BCUT2D eigenvalue weighted by atomic mass is 32.1. The molecular formula is C19H20N2O2S. The molecule has 0 amide bonds. The zero-order chi connectivity index (χ0) is 16.7. The molecule has 1 saturated heterocycles. The van der Waals surface area contributed by atoms with E-state index in [1.54, 1.807) is 7.11 Å². The van der Waals surface area contributed by atoms with Gasteiger partial charge in [0.1, 0.15) is 11.5 Å². The molecule has 2 aliphatic heterocycles. The van der Waals surface area contributed by atoms with Gasteiger partial charge in [-0.25, -0.2) is 0 Å². The Kier molecular flexibility index (Phi) is 3.61. The molecule has 124 valence electrons. The SMILES string of the molecule is COc1ccc(CN2C(=S)N[C@@H]3C[C@]2(C)Oc2ccccc23)cc1. The van der Waals surface area contributed by atoms with E-state index in [-0.39, 0.29) is 6.04 Å². The number of benzene rings is 2. The Balaban J connectivity index is 1.63. The van der Waals surface area contributed by atoms with Crippen molar-refractivity contribution in [1.29, 1.82) is 0 Å². The molecule has 4 rings (SSSR count). The number of nitrogens with zero attached hydrogens (tertiary/aromatic N) is 1. The van der Waals surface area contributed by atoms with Gasteiger partial charge in [-0.3, -0.25) is 0 Å². The smallest absolute Gasteiger partial charge is 0.184 e. The number of hydrogen-bond donors (Lipinski definition) is 1. The van der Waals surface area contributed by atoms with E-state index in [9.17, 15) is 0 Å². The first-order chi connectivity index (χ1) is 11.6. The fourth-order valence-corrected chi connectivity index (χ4v) is 3.92. The summed E-state index contributed by atoms with van der Waals surface area (Å²) in [7, 11) is 1.67. The topological polar surface area (TPSA) is 33.7 Å². The van der Waals surface area contributed by atoms with Crippen molar-refractivity contribution in [2.45, 2.75) is 31.7 Å². The first kappa shape index (κ1) is 15.3. The minimum absolute atomic E-state index is 0.208. The molecule has 2 aromatic carbocycles. The Bertz CT molecular complexity index is 777. The molecule has 0 unspecified atom stereocenters. The molecule has 0 aromatic heterocycles. The summed E-state index contributed by atoms with van der Waals surface area (Å²) < 4.78 is 11.6. The minimum atomic E-state index is -0.443. The summed E-state index contributed by atoms with van der Waals surface area (Å²) in [6, 6.07) is 16.5. The van der Waals surface area contributed by atoms with Crippen LogP contribution in [-0.2, 0) is 6.54 Å². The predicted octanol–water partition coefficient (Wildman–Crippen LogP) is 3.63. The molecular weight excluding hydrogens is 320 g/mol. The van der Waals surface area contributed by atoms with Crippen LogP contribution >= 0.6 is 12.2 Å². The first-order valence-electron chi connectivity index (χ1n) is 8.08. The Hall–Kier alpha value is -2.27. The van der Waals surface area contributed by atoms with Crippen molar-refractivity contribution >= 4 is 17.3 Å². The highest BCUT2D eigenvalue weighted by Crippen LogP contribution is 2.44. The van der Waals surface area contributed by atoms with Crippen molar-refractivity contribution in [2.75, 3.05) is 7.11 Å². The average Bonchev–Trinajstić information content (AvgIpc) is 2.59. The van der Waals surface area contributed by atoms with E-state index in [4.69, 9.17) is 21.7 Å². The summed E-state index contributed by atoms with van der Waals surface area (Å²) in [5.74, 6) is 1.79. The van der Waals surface area contributed by atoms with Crippen molar-refractivity contribution in [3.8, 4) is 11.5 Å². The lowest BCUT2D eigenvalue weighted by molar-refractivity contribution is -0.0722. The maximum absolute atomic E-state index is 6.36. The number of nitrogens with one attached hydrogen (secondary N) is 1. The fraction of sp³-hybridized carbons (Fsp3) is 0.316. The molecule has 2 heterocycles. The molecule has 24 heavy (non-hydrogen) atoms. The summed E-state index contributed by atoms with van der Waals surface area (Å²) in [6.45, 7) is 2.81. The molecule has 2 aromatic rings. The molecule has 2 atom stereocenters. The van der Waals surface area contributed by atoms with Gasteiger partial charge in [0.2, 0.25) is 0 Å². The zero-order valence-electron chi connectivity index (χ0n) is 13.8. The van der Waals surface area contributed by atoms with Crippen LogP contribution in [0.4, 0.5) is 0 Å². The predicted molar refractivity (Wildman–Crippen MR) is 97.1 cm³/mol. The molecule has 0 aliphatic carbocycles. The van der Waals surface area contributed by atoms with Gasteiger partial charge in [-0.2, -0.15) is 0 Å². The van der Waals surface area contributed by atoms with Crippen LogP contribution in [0.1, 0.15) is 30.5 Å². The lowest BCUT2D eigenvalue weighted by atomic mass is 9.90.